The van der Waals surface area contributed by atoms with Crippen LogP contribution >= 0.6 is 0 Å². The first-order valence-corrected chi connectivity index (χ1v) is 14.3. The molecule has 9 atom stereocenters. The molecule has 10 heteroatoms. The van der Waals surface area contributed by atoms with Crippen LogP contribution in [0.5, 0.6) is 0 Å². The van der Waals surface area contributed by atoms with Crippen LogP contribution < -0.4 is 0 Å². The van der Waals surface area contributed by atoms with E-state index in [1.54, 1.807) is 6.92 Å². The third-order valence-electron chi connectivity index (χ3n) is 9.79. The molecule has 0 amide bonds. The largest absolute Gasteiger partial charge is 0.397 e. The van der Waals surface area contributed by atoms with Crippen molar-refractivity contribution >= 4 is 20.8 Å². The van der Waals surface area contributed by atoms with Crippen LogP contribution in [0.3, 0.4) is 0 Å². The Hall–Kier alpha value is -0.260. The monoisotopic (exact) mass is 480 g/mol. The molecule has 0 spiro atoms. The van der Waals surface area contributed by atoms with Crippen molar-refractivity contribution in [2.45, 2.75) is 90.8 Å². The van der Waals surface area contributed by atoms with Crippen molar-refractivity contribution < 1.29 is 34.3 Å². The highest BCUT2D eigenvalue weighted by Crippen LogP contribution is 2.68. The molecule has 180 valence electrons. The van der Waals surface area contributed by atoms with E-state index >= 15 is 0 Å². The Morgan fingerprint density at radius 2 is 1.48 bits per heavy atom. The van der Waals surface area contributed by atoms with Crippen molar-refractivity contribution in [1.29, 1.82) is 0 Å². The standard InChI is InChI=1S/C21H36O8S2/c1-13(28-30(22,23)24)17-6-7-18-16-5-4-14-12-15(29-31(25,26)27)8-10-20(14,2)19(16)9-11-21(17,18)3/h13-19H,4-12H2,1-3H3,(H,22,23,24)(H,25,26,27). The lowest BCUT2D eigenvalue weighted by Crippen LogP contribution is -2.54. The van der Waals surface area contributed by atoms with E-state index in [9.17, 15) is 16.8 Å². The molecule has 4 aliphatic carbocycles. The summed E-state index contributed by atoms with van der Waals surface area (Å²) < 4.78 is 73.0. The van der Waals surface area contributed by atoms with E-state index in [-0.39, 0.29) is 16.7 Å². The van der Waals surface area contributed by atoms with Gasteiger partial charge in [0.15, 0.2) is 0 Å². The summed E-state index contributed by atoms with van der Waals surface area (Å²) in [5, 5.41) is 0. The van der Waals surface area contributed by atoms with Crippen molar-refractivity contribution in [3.63, 3.8) is 0 Å². The lowest BCUT2D eigenvalue weighted by molar-refractivity contribution is -0.129. The van der Waals surface area contributed by atoms with Crippen LogP contribution in [0, 0.1) is 40.4 Å². The van der Waals surface area contributed by atoms with Crippen molar-refractivity contribution in [2.75, 3.05) is 0 Å². The van der Waals surface area contributed by atoms with E-state index in [0.29, 0.717) is 36.5 Å². The van der Waals surface area contributed by atoms with E-state index in [1.165, 1.54) is 0 Å². The molecule has 0 radical (unpaired) electrons. The zero-order valence-corrected chi connectivity index (χ0v) is 20.2. The lowest BCUT2D eigenvalue weighted by atomic mass is 9.44. The van der Waals surface area contributed by atoms with Crippen LogP contribution in [-0.4, -0.2) is 38.1 Å². The maximum absolute atomic E-state index is 11.3. The van der Waals surface area contributed by atoms with Gasteiger partial charge >= 0.3 is 20.8 Å². The second-order valence-electron chi connectivity index (χ2n) is 11.0. The minimum absolute atomic E-state index is 0.000248. The third kappa shape index (κ3) is 4.45. The summed E-state index contributed by atoms with van der Waals surface area (Å²) in [6, 6.07) is 0. The summed E-state index contributed by atoms with van der Waals surface area (Å²) in [6.07, 6.45) is 7.38. The lowest BCUT2D eigenvalue weighted by Gasteiger charge is -2.61. The van der Waals surface area contributed by atoms with Crippen LogP contribution in [0.15, 0.2) is 0 Å². The Kier molecular flexibility index (Phi) is 6.09. The molecule has 0 heterocycles. The Morgan fingerprint density at radius 1 is 0.839 bits per heavy atom. The fourth-order valence-corrected chi connectivity index (χ4v) is 9.59. The predicted octanol–water partition coefficient (Wildman–Crippen LogP) is 4.04. The number of rotatable bonds is 5. The third-order valence-corrected chi connectivity index (χ3v) is 10.9. The minimum Gasteiger partial charge on any atom is -0.264 e. The molecule has 4 aliphatic rings. The van der Waals surface area contributed by atoms with Crippen LogP contribution in [0.2, 0.25) is 0 Å². The topological polar surface area (TPSA) is 127 Å². The predicted molar refractivity (Wildman–Crippen MR) is 114 cm³/mol. The molecule has 0 aliphatic heterocycles. The molecular weight excluding hydrogens is 444 g/mol. The number of hydrogen-bond acceptors (Lipinski definition) is 6. The fourth-order valence-electron chi connectivity index (χ4n) is 8.55. The molecular formula is C21H36O8S2. The highest BCUT2D eigenvalue weighted by atomic mass is 32.3. The van der Waals surface area contributed by atoms with E-state index in [4.69, 9.17) is 17.5 Å². The number of fused-ring (bicyclic) bond motifs is 5. The molecule has 0 aromatic carbocycles. The van der Waals surface area contributed by atoms with Crippen LogP contribution in [0.4, 0.5) is 0 Å². The Balaban J connectivity index is 1.50. The van der Waals surface area contributed by atoms with Gasteiger partial charge in [-0.25, -0.2) is 8.37 Å². The van der Waals surface area contributed by atoms with Gasteiger partial charge in [-0.15, -0.1) is 0 Å². The molecule has 0 aromatic heterocycles. The van der Waals surface area contributed by atoms with Crippen molar-refractivity contribution in [3.05, 3.63) is 0 Å². The first-order valence-electron chi connectivity index (χ1n) is 11.5. The highest BCUT2D eigenvalue weighted by molar-refractivity contribution is 7.81. The second kappa shape index (κ2) is 7.91. The number of hydrogen-bond donors (Lipinski definition) is 2. The maximum atomic E-state index is 11.3. The van der Waals surface area contributed by atoms with Crippen LogP contribution in [-0.2, 0) is 29.2 Å². The average Bonchev–Trinajstić information content (AvgIpc) is 2.97. The molecule has 31 heavy (non-hydrogen) atoms. The molecule has 9 unspecified atom stereocenters. The van der Waals surface area contributed by atoms with Gasteiger partial charge in [0, 0.05) is 0 Å². The molecule has 0 aromatic rings. The van der Waals surface area contributed by atoms with Gasteiger partial charge in [0.25, 0.3) is 0 Å². The van der Waals surface area contributed by atoms with Crippen molar-refractivity contribution in [3.8, 4) is 0 Å². The van der Waals surface area contributed by atoms with Gasteiger partial charge in [-0.2, -0.15) is 16.8 Å². The highest BCUT2D eigenvalue weighted by Gasteiger charge is 2.61. The Morgan fingerprint density at radius 3 is 2.13 bits per heavy atom. The van der Waals surface area contributed by atoms with Gasteiger partial charge in [-0.1, -0.05) is 13.8 Å². The summed E-state index contributed by atoms with van der Waals surface area (Å²) in [6.45, 7) is 6.39. The summed E-state index contributed by atoms with van der Waals surface area (Å²) in [5.74, 6) is 2.13. The van der Waals surface area contributed by atoms with E-state index in [0.717, 1.165) is 44.9 Å². The first kappa shape index (κ1) is 23.9. The molecule has 0 saturated heterocycles. The van der Waals surface area contributed by atoms with Crippen molar-refractivity contribution in [1.82, 2.24) is 0 Å². The summed E-state index contributed by atoms with van der Waals surface area (Å²) in [5.41, 5.74) is 0.137. The molecule has 4 saturated carbocycles. The van der Waals surface area contributed by atoms with Crippen molar-refractivity contribution in [2.24, 2.45) is 40.4 Å². The molecule has 8 nitrogen and oxygen atoms in total. The van der Waals surface area contributed by atoms with E-state index < -0.39 is 33.0 Å². The zero-order valence-electron chi connectivity index (χ0n) is 18.6. The maximum Gasteiger partial charge on any atom is 0.397 e. The van der Waals surface area contributed by atoms with Gasteiger partial charge < -0.3 is 0 Å². The average molecular weight is 481 g/mol. The van der Waals surface area contributed by atoms with Gasteiger partial charge in [-0.05, 0) is 105 Å². The second-order valence-corrected chi connectivity index (χ2v) is 13.1. The van der Waals surface area contributed by atoms with Crippen LogP contribution in [0.25, 0.3) is 0 Å². The Bertz CT molecular complexity index is 902. The molecule has 4 fully saturated rings. The summed E-state index contributed by atoms with van der Waals surface area (Å²) in [7, 11) is -8.89. The molecule has 4 rings (SSSR count). The first-order chi connectivity index (χ1) is 14.2. The Labute approximate surface area is 186 Å². The summed E-state index contributed by atoms with van der Waals surface area (Å²) >= 11 is 0. The smallest absolute Gasteiger partial charge is 0.264 e. The summed E-state index contributed by atoms with van der Waals surface area (Å²) in [4.78, 5) is 0. The normalized spacial score (nSPS) is 46.6. The molecule has 2 N–H and O–H groups in total. The van der Waals surface area contributed by atoms with E-state index in [1.807, 2.05) is 0 Å². The fraction of sp³-hybridized carbons (Fsp3) is 1.00. The van der Waals surface area contributed by atoms with Gasteiger partial charge in [-0.3, -0.25) is 9.11 Å². The quantitative estimate of drug-likeness (QED) is 0.564. The van der Waals surface area contributed by atoms with Crippen LogP contribution in [0.1, 0.15) is 78.6 Å². The van der Waals surface area contributed by atoms with Gasteiger partial charge in [0.2, 0.25) is 0 Å². The zero-order chi connectivity index (χ0) is 22.8. The van der Waals surface area contributed by atoms with Gasteiger partial charge in [0.1, 0.15) is 0 Å². The van der Waals surface area contributed by atoms with Gasteiger partial charge in [0.05, 0.1) is 12.2 Å². The minimum atomic E-state index is -4.47. The SMILES string of the molecule is CC(OS(=O)(=O)O)C1CCC2C3CCC4CC(OS(=O)(=O)O)CCC4(C)C3CCC12C. The van der Waals surface area contributed by atoms with E-state index in [2.05, 4.69) is 13.8 Å². The molecule has 0 bridgehead atoms.